The largest absolute Gasteiger partial charge is 0.462 e. The minimum Gasteiger partial charge on any atom is -0.462 e. The smallest absolute Gasteiger partial charge is 0.306 e. The fourth-order valence-electron chi connectivity index (χ4n) is 6.62. The molecule has 1 aliphatic rings. The molecule has 0 aromatic rings. The summed E-state index contributed by atoms with van der Waals surface area (Å²) in [5.74, 6) is -0.821. The summed E-state index contributed by atoms with van der Waals surface area (Å²) in [6.45, 7) is 3.36. The Bertz CT molecular complexity index is 1010. The summed E-state index contributed by atoms with van der Waals surface area (Å²) < 4.78 is 22.1. The molecule has 6 unspecified atom stereocenters. The highest BCUT2D eigenvalue weighted by molar-refractivity contribution is 5.70. The van der Waals surface area contributed by atoms with Crippen molar-refractivity contribution in [2.75, 3.05) is 19.8 Å². The molecular weight excluding hydrogens is 712 g/mol. The van der Waals surface area contributed by atoms with Crippen LogP contribution in [-0.4, -0.2) is 89.0 Å². The fourth-order valence-corrected chi connectivity index (χ4v) is 6.62. The molecule has 0 radical (unpaired) electrons. The van der Waals surface area contributed by atoms with Crippen molar-refractivity contribution in [3.8, 4) is 0 Å². The number of hydrogen-bond acceptors (Lipinski definition) is 10. The standard InChI is InChI=1S/C46H82O10/c1-3-5-7-9-11-13-15-17-18-19-20-21-22-23-25-27-29-31-33-35-42(49)55-39(38-54-46-45(52)44(51)43(50)40(36-47)56-46)37-53-41(48)34-32-30-28-26-24-16-14-12-10-8-6-4-2/h11-14,17-18,39-40,43-47,50-52H,3-10,15-16,19-38H2,1-2H3/b13-11-,14-12-,18-17-. The quantitative estimate of drug-likeness (QED) is 0.0272. The number of carbonyl (C=O) groups excluding carboxylic acids is 2. The topological polar surface area (TPSA) is 152 Å². The predicted molar refractivity (Wildman–Crippen MR) is 224 cm³/mol. The number of esters is 2. The monoisotopic (exact) mass is 795 g/mol. The summed E-state index contributed by atoms with van der Waals surface area (Å²) in [5.41, 5.74) is 0. The van der Waals surface area contributed by atoms with E-state index in [-0.39, 0.29) is 32.0 Å². The number of unbranched alkanes of at least 4 members (excludes halogenated alkanes) is 20. The van der Waals surface area contributed by atoms with Crippen molar-refractivity contribution in [1.29, 1.82) is 0 Å². The highest BCUT2D eigenvalue weighted by atomic mass is 16.7. The highest BCUT2D eigenvalue weighted by Gasteiger charge is 2.44. The number of allylic oxidation sites excluding steroid dienone is 6. The molecule has 0 bridgehead atoms. The van der Waals surface area contributed by atoms with E-state index in [9.17, 15) is 30.0 Å². The Morgan fingerprint density at radius 3 is 1.50 bits per heavy atom. The van der Waals surface area contributed by atoms with Crippen molar-refractivity contribution in [3.05, 3.63) is 36.5 Å². The van der Waals surface area contributed by atoms with E-state index in [0.717, 1.165) is 70.6 Å². The van der Waals surface area contributed by atoms with Crippen molar-refractivity contribution < 1.29 is 49.0 Å². The fraction of sp³-hybridized carbons (Fsp3) is 0.826. The van der Waals surface area contributed by atoms with Gasteiger partial charge in [-0.25, -0.2) is 0 Å². The van der Waals surface area contributed by atoms with Crippen LogP contribution in [0.1, 0.15) is 187 Å². The zero-order valence-corrected chi connectivity index (χ0v) is 35.4. The summed E-state index contributed by atoms with van der Waals surface area (Å²) in [7, 11) is 0. The maximum atomic E-state index is 12.8. The van der Waals surface area contributed by atoms with Gasteiger partial charge in [0.1, 0.15) is 31.0 Å². The molecular formula is C46H82O10. The van der Waals surface area contributed by atoms with Gasteiger partial charge >= 0.3 is 11.9 Å². The molecule has 0 aromatic heterocycles. The average Bonchev–Trinajstić information content (AvgIpc) is 3.19. The molecule has 0 aromatic carbocycles. The normalized spacial score (nSPS) is 20.7. The molecule has 0 amide bonds. The molecule has 1 aliphatic heterocycles. The van der Waals surface area contributed by atoms with Gasteiger partial charge in [0.25, 0.3) is 0 Å². The van der Waals surface area contributed by atoms with Crippen LogP contribution in [0.5, 0.6) is 0 Å². The Morgan fingerprint density at radius 2 is 1.00 bits per heavy atom. The third-order valence-electron chi connectivity index (χ3n) is 10.2. The van der Waals surface area contributed by atoms with Crippen LogP contribution in [0.3, 0.4) is 0 Å². The average molecular weight is 795 g/mol. The second kappa shape index (κ2) is 37.2. The highest BCUT2D eigenvalue weighted by Crippen LogP contribution is 2.22. The first kappa shape index (κ1) is 51.9. The van der Waals surface area contributed by atoms with Crippen molar-refractivity contribution in [3.63, 3.8) is 0 Å². The number of ether oxygens (including phenoxy) is 4. The third kappa shape index (κ3) is 28.3. The van der Waals surface area contributed by atoms with Gasteiger partial charge < -0.3 is 39.4 Å². The molecule has 0 aliphatic carbocycles. The molecule has 10 heteroatoms. The third-order valence-corrected chi connectivity index (χ3v) is 10.2. The molecule has 1 fully saturated rings. The van der Waals surface area contributed by atoms with Gasteiger partial charge in [-0.1, -0.05) is 140 Å². The van der Waals surface area contributed by atoms with Gasteiger partial charge in [0.05, 0.1) is 13.2 Å². The van der Waals surface area contributed by atoms with E-state index >= 15 is 0 Å². The van der Waals surface area contributed by atoms with Crippen LogP contribution in [-0.2, 0) is 28.5 Å². The summed E-state index contributed by atoms with van der Waals surface area (Å²) in [6, 6.07) is 0. The zero-order chi connectivity index (χ0) is 40.9. The van der Waals surface area contributed by atoms with Crippen LogP contribution in [0, 0.1) is 0 Å². The van der Waals surface area contributed by atoms with Crippen LogP contribution in [0.15, 0.2) is 36.5 Å². The van der Waals surface area contributed by atoms with Crippen LogP contribution >= 0.6 is 0 Å². The second-order valence-electron chi connectivity index (χ2n) is 15.5. The lowest BCUT2D eigenvalue weighted by Gasteiger charge is -2.39. The van der Waals surface area contributed by atoms with Gasteiger partial charge in [-0.2, -0.15) is 0 Å². The van der Waals surface area contributed by atoms with Crippen LogP contribution < -0.4 is 0 Å². The summed E-state index contributed by atoms with van der Waals surface area (Å²) in [6.07, 6.45) is 34.3. The van der Waals surface area contributed by atoms with Gasteiger partial charge in [0, 0.05) is 12.8 Å². The molecule has 1 rings (SSSR count). The summed E-state index contributed by atoms with van der Waals surface area (Å²) in [4.78, 5) is 25.3. The second-order valence-corrected chi connectivity index (χ2v) is 15.5. The first-order chi connectivity index (χ1) is 27.3. The number of aliphatic hydroxyl groups is 4. The minimum absolute atomic E-state index is 0.223. The van der Waals surface area contributed by atoms with Crippen LogP contribution in [0.25, 0.3) is 0 Å². The van der Waals surface area contributed by atoms with E-state index in [1.807, 2.05) is 0 Å². The van der Waals surface area contributed by atoms with E-state index in [2.05, 4.69) is 50.3 Å². The van der Waals surface area contributed by atoms with Crippen molar-refractivity contribution in [2.24, 2.45) is 0 Å². The van der Waals surface area contributed by atoms with Gasteiger partial charge in [-0.15, -0.1) is 0 Å². The molecule has 326 valence electrons. The lowest BCUT2D eigenvalue weighted by molar-refractivity contribution is -0.305. The first-order valence-electron chi connectivity index (χ1n) is 22.6. The predicted octanol–water partition coefficient (Wildman–Crippen LogP) is 9.50. The van der Waals surface area contributed by atoms with Gasteiger partial charge in [0.2, 0.25) is 0 Å². The van der Waals surface area contributed by atoms with Gasteiger partial charge in [0.15, 0.2) is 12.4 Å². The maximum Gasteiger partial charge on any atom is 0.306 e. The maximum absolute atomic E-state index is 12.8. The first-order valence-corrected chi connectivity index (χ1v) is 22.6. The van der Waals surface area contributed by atoms with Crippen LogP contribution in [0.4, 0.5) is 0 Å². The molecule has 0 saturated carbocycles. The Labute approximate surface area is 340 Å². The van der Waals surface area contributed by atoms with Crippen molar-refractivity contribution in [1.82, 2.24) is 0 Å². The van der Waals surface area contributed by atoms with Crippen LogP contribution in [0.2, 0.25) is 0 Å². The van der Waals surface area contributed by atoms with E-state index < -0.39 is 49.4 Å². The van der Waals surface area contributed by atoms with Crippen molar-refractivity contribution >= 4 is 11.9 Å². The summed E-state index contributed by atoms with van der Waals surface area (Å²) in [5, 5.41) is 40.0. The summed E-state index contributed by atoms with van der Waals surface area (Å²) >= 11 is 0. The molecule has 10 nitrogen and oxygen atoms in total. The Morgan fingerprint density at radius 1 is 0.554 bits per heavy atom. The van der Waals surface area contributed by atoms with E-state index in [4.69, 9.17) is 18.9 Å². The molecule has 56 heavy (non-hydrogen) atoms. The van der Waals surface area contributed by atoms with E-state index in [0.29, 0.717) is 12.8 Å². The molecule has 1 saturated heterocycles. The van der Waals surface area contributed by atoms with Gasteiger partial charge in [-0.3, -0.25) is 9.59 Å². The van der Waals surface area contributed by atoms with E-state index in [1.54, 1.807) is 0 Å². The lowest BCUT2D eigenvalue weighted by atomic mass is 9.99. The Hall–Kier alpha value is -2.08. The Kier molecular flexibility index (Phi) is 34.5. The zero-order valence-electron chi connectivity index (χ0n) is 35.4. The number of hydrogen-bond donors (Lipinski definition) is 4. The number of carbonyl (C=O) groups is 2. The van der Waals surface area contributed by atoms with Crippen molar-refractivity contribution in [2.45, 2.75) is 224 Å². The molecule has 0 spiro atoms. The molecule has 1 heterocycles. The number of rotatable bonds is 37. The molecule has 6 atom stereocenters. The van der Waals surface area contributed by atoms with Gasteiger partial charge in [-0.05, 0) is 70.6 Å². The lowest BCUT2D eigenvalue weighted by Crippen LogP contribution is -2.59. The molecule has 4 N–H and O–H groups in total. The van der Waals surface area contributed by atoms with E-state index in [1.165, 1.54) is 77.0 Å². The number of aliphatic hydroxyl groups excluding tert-OH is 4. The minimum atomic E-state index is -1.60. The Balaban J connectivity index is 2.32. The SMILES string of the molecule is CCCCC/C=C\C/C=C\CCCCCCCCCCCC(=O)OC(COC(=O)CCCCCCC/C=C\CCCCC)COC1OC(CO)C(O)C(O)C1O.